The fourth-order valence-corrected chi connectivity index (χ4v) is 8.64. The Hall–Kier alpha value is -3.04. The van der Waals surface area contributed by atoms with Gasteiger partial charge in [0, 0.05) is 30.8 Å². The van der Waals surface area contributed by atoms with Crippen LogP contribution in [-0.2, 0) is 22.8 Å². The molecule has 2 aliphatic heterocycles. The number of hydrogen-bond donors (Lipinski definition) is 2. The van der Waals surface area contributed by atoms with Crippen LogP contribution in [-0.4, -0.2) is 69.3 Å². The van der Waals surface area contributed by atoms with Gasteiger partial charge in [0.25, 0.3) is 0 Å². The summed E-state index contributed by atoms with van der Waals surface area (Å²) in [5, 5.41) is 23.7. The number of benzene rings is 2. The Kier molecular flexibility index (Phi) is 6.67. The van der Waals surface area contributed by atoms with Crippen LogP contribution in [0.1, 0.15) is 68.2 Å². The molecule has 2 bridgehead atoms. The van der Waals surface area contributed by atoms with Crippen molar-refractivity contribution in [2.45, 2.75) is 87.8 Å². The number of halogens is 3. The summed E-state index contributed by atoms with van der Waals surface area (Å²) in [4.78, 5) is 18.2. The largest absolute Gasteiger partial charge is 0.504 e. The summed E-state index contributed by atoms with van der Waals surface area (Å²) in [7, 11) is 0. The standard InChI is InChI=1S/C34H39F3N2O4/c1-20(2)18-39(28(41)11-8-21-4-3-5-24(16-21)34(35,36)37)25-12-13-33(42)27-17-23-9-10-26(40)30-29(23)32(33,31(25)43-30)14-15-38(27)19-22-6-7-22/h3-5,8-11,16,20,22,25,27,31,40,42H,6-7,12-15,17-19H2,1-2H3/t25-,27-,31+,32+,33-/m1/s1. The lowest BCUT2D eigenvalue weighted by molar-refractivity contribution is -0.201. The molecule has 3 fully saturated rings. The molecule has 2 N–H and O–H groups in total. The lowest BCUT2D eigenvalue weighted by atomic mass is 9.48. The quantitative estimate of drug-likeness (QED) is 0.411. The van der Waals surface area contributed by atoms with Crippen molar-refractivity contribution in [2.75, 3.05) is 19.6 Å². The van der Waals surface area contributed by atoms with Crippen molar-refractivity contribution in [3.63, 3.8) is 0 Å². The predicted molar refractivity (Wildman–Crippen MR) is 156 cm³/mol. The minimum absolute atomic E-state index is 0.0497. The van der Waals surface area contributed by atoms with Gasteiger partial charge in [-0.1, -0.05) is 32.0 Å². The molecule has 230 valence electrons. The third-order valence-electron chi connectivity index (χ3n) is 10.6. The van der Waals surface area contributed by atoms with Crippen molar-refractivity contribution in [3.8, 4) is 11.5 Å². The Balaban J connectivity index is 1.25. The highest BCUT2D eigenvalue weighted by Gasteiger charge is 2.73. The first kappa shape index (κ1) is 28.7. The van der Waals surface area contributed by atoms with Gasteiger partial charge in [-0.3, -0.25) is 9.69 Å². The van der Waals surface area contributed by atoms with E-state index in [4.69, 9.17) is 4.74 Å². The molecule has 9 heteroatoms. The van der Waals surface area contributed by atoms with Crippen LogP contribution in [0.2, 0.25) is 0 Å². The number of alkyl halides is 3. The summed E-state index contributed by atoms with van der Waals surface area (Å²) in [6.45, 7) is 6.27. The van der Waals surface area contributed by atoms with E-state index in [0.717, 1.165) is 36.3 Å². The van der Waals surface area contributed by atoms with E-state index in [2.05, 4.69) is 4.90 Å². The first-order valence-corrected chi connectivity index (χ1v) is 15.6. The summed E-state index contributed by atoms with van der Waals surface area (Å²) in [6, 6.07) is 8.13. The third kappa shape index (κ3) is 4.48. The number of piperidine rings is 1. The molecule has 2 aromatic rings. The van der Waals surface area contributed by atoms with Crippen LogP contribution >= 0.6 is 0 Å². The molecule has 0 radical (unpaired) electrons. The first-order valence-electron chi connectivity index (χ1n) is 15.6. The second kappa shape index (κ2) is 9.99. The Morgan fingerprint density at radius 1 is 1.19 bits per heavy atom. The minimum Gasteiger partial charge on any atom is -0.504 e. The normalized spacial score (nSPS) is 31.3. The number of likely N-dealkylation sites (tertiary alicyclic amines) is 1. The maximum Gasteiger partial charge on any atom is 0.416 e. The molecule has 0 unspecified atom stereocenters. The SMILES string of the molecule is CC(C)CN(C(=O)C=Cc1cccc(C(F)(F)F)c1)[C@@H]1CC[C@@]2(O)[C@H]3Cc4ccc(O)c5c4[C@@]2(CCN3CC2CC2)[C@H]1O5. The van der Waals surface area contributed by atoms with E-state index < -0.39 is 28.9 Å². The van der Waals surface area contributed by atoms with Crippen molar-refractivity contribution < 1.29 is 32.9 Å². The van der Waals surface area contributed by atoms with E-state index in [1.165, 1.54) is 31.1 Å². The topological polar surface area (TPSA) is 73.2 Å². The van der Waals surface area contributed by atoms with Crippen molar-refractivity contribution in [3.05, 3.63) is 64.7 Å². The Morgan fingerprint density at radius 3 is 2.70 bits per heavy atom. The molecule has 2 heterocycles. The van der Waals surface area contributed by atoms with E-state index in [0.29, 0.717) is 49.5 Å². The molecule has 1 spiro atoms. The van der Waals surface area contributed by atoms with Crippen LogP contribution in [0.5, 0.6) is 11.5 Å². The number of hydrogen-bond acceptors (Lipinski definition) is 5. The second-order valence-corrected chi connectivity index (χ2v) is 13.7. The van der Waals surface area contributed by atoms with Crippen LogP contribution in [0.25, 0.3) is 6.08 Å². The highest BCUT2D eigenvalue weighted by Crippen LogP contribution is 2.66. The number of rotatable bonds is 7. The summed E-state index contributed by atoms with van der Waals surface area (Å²) in [5.41, 5.74) is -0.294. The molecule has 6 nitrogen and oxygen atoms in total. The van der Waals surface area contributed by atoms with Crippen molar-refractivity contribution >= 4 is 12.0 Å². The summed E-state index contributed by atoms with van der Waals surface area (Å²) >= 11 is 0. The van der Waals surface area contributed by atoms with Gasteiger partial charge in [0.05, 0.1) is 22.6 Å². The minimum atomic E-state index is -4.47. The van der Waals surface area contributed by atoms with Crippen LogP contribution in [0.15, 0.2) is 42.5 Å². The van der Waals surface area contributed by atoms with Gasteiger partial charge in [-0.15, -0.1) is 0 Å². The van der Waals surface area contributed by atoms with E-state index in [9.17, 15) is 28.2 Å². The molecular weight excluding hydrogens is 557 g/mol. The zero-order valence-corrected chi connectivity index (χ0v) is 24.6. The van der Waals surface area contributed by atoms with Gasteiger partial charge in [-0.05, 0) is 92.3 Å². The molecule has 5 aliphatic rings. The lowest BCUT2D eigenvalue weighted by Crippen LogP contribution is -2.78. The van der Waals surface area contributed by atoms with Crippen LogP contribution in [0, 0.1) is 11.8 Å². The van der Waals surface area contributed by atoms with E-state index in [1.54, 1.807) is 17.0 Å². The van der Waals surface area contributed by atoms with E-state index in [-0.39, 0.29) is 29.7 Å². The molecule has 2 aromatic carbocycles. The zero-order valence-electron chi connectivity index (χ0n) is 24.6. The molecule has 1 amide bonds. The molecule has 2 saturated carbocycles. The molecular formula is C34H39F3N2O4. The second-order valence-electron chi connectivity index (χ2n) is 13.7. The monoisotopic (exact) mass is 596 g/mol. The Bertz CT molecular complexity index is 1470. The maximum absolute atomic E-state index is 13.9. The van der Waals surface area contributed by atoms with Gasteiger partial charge in [-0.2, -0.15) is 13.2 Å². The predicted octanol–water partition coefficient (Wildman–Crippen LogP) is 5.54. The highest BCUT2D eigenvalue weighted by atomic mass is 19.4. The van der Waals surface area contributed by atoms with Gasteiger partial charge in [0.1, 0.15) is 6.10 Å². The number of phenols is 1. The molecule has 7 rings (SSSR count). The van der Waals surface area contributed by atoms with Crippen LogP contribution in [0.4, 0.5) is 13.2 Å². The molecule has 5 atom stereocenters. The van der Waals surface area contributed by atoms with Crippen LogP contribution in [0.3, 0.4) is 0 Å². The number of aliphatic hydroxyl groups is 1. The first-order chi connectivity index (χ1) is 20.4. The van der Waals surface area contributed by atoms with Crippen molar-refractivity contribution in [2.24, 2.45) is 11.8 Å². The van der Waals surface area contributed by atoms with E-state index >= 15 is 0 Å². The average Bonchev–Trinajstić information content (AvgIpc) is 3.70. The number of nitrogens with zero attached hydrogens (tertiary/aromatic N) is 2. The van der Waals surface area contributed by atoms with Crippen molar-refractivity contribution in [1.82, 2.24) is 9.80 Å². The molecule has 43 heavy (non-hydrogen) atoms. The van der Waals surface area contributed by atoms with Crippen LogP contribution < -0.4 is 4.74 Å². The Labute approximate surface area is 250 Å². The zero-order chi connectivity index (χ0) is 30.3. The van der Waals surface area contributed by atoms with Gasteiger partial charge >= 0.3 is 6.18 Å². The Morgan fingerprint density at radius 2 is 1.98 bits per heavy atom. The fraction of sp³-hybridized carbons (Fsp3) is 0.559. The number of aromatic hydroxyl groups is 1. The number of phenolic OH excluding ortho intramolecular Hbond substituents is 1. The molecule has 0 aromatic heterocycles. The number of amides is 1. The molecule has 1 saturated heterocycles. The lowest BCUT2D eigenvalue weighted by Gasteiger charge is -2.65. The fourth-order valence-electron chi connectivity index (χ4n) is 8.64. The van der Waals surface area contributed by atoms with Gasteiger partial charge in [0.15, 0.2) is 11.5 Å². The maximum atomic E-state index is 13.9. The van der Waals surface area contributed by atoms with Gasteiger partial charge in [-0.25, -0.2) is 0 Å². The number of ether oxygens (including phenoxy) is 1. The van der Waals surface area contributed by atoms with Gasteiger partial charge in [0.2, 0.25) is 5.91 Å². The molecule has 3 aliphatic carbocycles. The average molecular weight is 597 g/mol. The van der Waals surface area contributed by atoms with E-state index in [1.807, 2.05) is 19.9 Å². The highest BCUT2D eigenvalue weighted by molar-refractivity contribution is 5.92. The number of carbonyl (C=O) groups excluding carboxylic acids is 1. The summed E-state index contributed by atoms with van der Waals surface area (Å²) < 4.78 is 46.5. The smallest absolute Gasteiger partial charge is 0.416 e. The summed E-state index contributed by atoms with van der Waals surface area (Å²) in [6.07, 6.45) is 2.61. The summed E-state index contributed by atoms with van der Waals surface area (Å²) in [5.74, 6) is 0.980. The van der Waals surface area contributed by atoms with Crippen molar-refractivity contribution in [1.29, 1.82) is 0 Å². The third-order valence-corrected chi connectivity index (χ3v) is 10.6. The van der Waals surface area contributed by atoms with Gasteiger partial charge < -0.3 is 19.8 Å². The number of carbonyl (C=O) groups is 1.